The van der Waals surface area contributed by atoms with Crippen LogP contribution in [0.25, 0.3) is 0 Å². The summed E-state index contributed by atoms with van der Waals surface area (Å²) in [5.41, 5.74) is 6.47. The molecule has 19 heavy (non-hydrogen) atoms. The van der Waals surface area contributed by atoms with Crippen LogP contribution < -0.4 is 5.73 Å². The molecule has 1 aliphatic heterocycles. The Kier molecular flexibility index (Phi) is 3.74. The van der Waals surface area contributed by atoms with Gasteiger partial charge in [-0.25, -0.2) is 9.97 Å². The molecule has 6 nitrogen and oxygen atoms in total. The largest absolute Gasteiger partial charge is 0.326 e. The van der Waals surface area contributed by atoms with Crippen molar-refractivity contribution in [1.29, 1.82) is 0 Å². The first-order valence-electron chi connectivity index (χ1n) is 6.48. The van der Waals surface area contributed by atoms with Gasteiger partial charge in [0, 0.05) is 37.5 Å². The SMILES string of the molecule is NCc1cnc(Sc2nnc3n2CCCCC3)nc1. The van der Waals surface area contributed by atoms with Crippen molar-refractivity contribution in [3.05, 3.63) is 23.8 Å². The van der Waals surface area contributed by atoms with E-state index in [9.17, 15) is 0 Å². The molecule has 0 spiro atoms. The third-order valence-corrected chi connectivity index (χ3v) is 4.05. The van der Waals surface area contributed by atoms with Gasteiger partial charge in [-0.3, -0.25) is 0 Å². The highest BCUT2D eigenvalue weighted by atomic mass is 32.2. The maximum absolute atomic E-state index is 5.53. The van der Waals surface area contributed by atoms with Gasteiger partial charge in [0.1, 0.15) is 5.82 Å². The minimum absolute atomic E-state index is 0.464. The van der Waals surface area contributed by atoms with Crippen LogP contribution in [0.15, 0.2) is 22.7 Å². The standard InChI is InChI=1S/C12H16N6S/c13-6-9-7-14-11(15-8-9)19-12-17-16-10-4-2-1-3-5-18(10)12/h7-8H,1-6,13H2. The fourth-order valence-corrected chi connectivity index (χ4v) is 2.88. The van der Waals surface area contributed by atoms with Crippen LogP contribution in [0.4, 0.5) is 0 Å². The van der Waals surface area contributed by atoms with Crippen molar-refractivity contribution in [3.63, 3.8) is 0 Å². The summed E-state index contributed by atoms with van der Waals surface area (Å²) >= 11 is 1.46. The number of hydrogen-bond acceptors (Lipinski definition) is 6. The van der Waals surface area contributed by atoms with Crippen LogP contribution in [0.3, 0.4) is 0 Å². The Balaban J connectivity index is 1.80. The molecule has 0 aromatic carbocycles. The van der Waals surface area contributed by atoms with Gasteiger partial charge in [0.05, 0.1) is 0 Å². The van der Waals surface area contributed by atoms with E-state index >= 15 is 0 Å². The molecule has 0 saturated carbocycles. The molecule has 0 aliphatic carbocycles. The monoisotopic (exact) mass is 276 g/mol. The van der Waals surface area contributed by atoms with Crippen molar-refractivity contribution in [2.75, 3.05) is 0 Å². The summed E-state index contributed by atoms with van der Waals surface area (Å²) in [7, 11) is 0. The van der Waals surface area contributed by atoms with Gasteiger partial charge >= 0.3 is 0 Å². The molecule has 0 saturated heterocycles. The zero-order valence-corrected chi connectivity index (χ0v) is 11.4. The van der Waals surface area contributed by atoms with Crippen molar-refractivity contribution in [3.8, 4) is 0 Å². The van der Waals surface area contributed by atoms with Gasteiger partial charge in [0.2, 0.25) is 0 Å². The molecule has 7 heteroatoms. The first-order chi connectivity index (χ1) is 9.36. The Labute approximate surface area is 115 Å². The van der Waals surface area contributed by atoms with E-state index in [-0.39, 0.29) is 0 Å². The molecule has 2 aromatic heterocycles. The Bertz CT molecular complexity index is 550. The molecular formula is C12H16N6S. The first-order valence-corrected chi connectivity index (χ1v) is 7.29. The molecule has 0 bridgehead atoms. The Morgan fingerprint density at radius 1 is 1.16 bits per heavy atom. The zero-order chi connectivity index (χ0) is 13.1. The predicted octanol–water partition coefficient (Wildman–Crippen LogP) is 1.40. The highest BCUT2D eigenvalue weighted by molar-refractivity contribution is 7.99. The average molecular weight is 276 g/mol. The van der Waals surface area contributed by atoms with Crippen molar-refractivity contribution < 1.29 is 0 Å². The molecule has 0 amide bonds. The summed E-state index contributed by atoms with van der Waals surface area (Å²) in [6.45, 7) is 1.46. The second-order valence-corrected chi connectivity index (χ2v) is 5.48. The molecule has 2 aromatic rings. The first kappa shape index (κ1) is 12.6. The second kappa shape index (κ2) is 5.66. The fourth-order valence-electron chi connectivity index (χ4n) is 2.12. The number of hydrogen-bond donors (Lipinski definition) is 1. The van der Waals surface area contributed by atoms with Crippen LogP contribution >= 0.6 is 11.8 Å². The molecule has 3 rings (SSSR count). The lowest BCUT2D eigenvalue weighted by Gasteiger charge is -2.05. The minimum Gasteiger partial charge on any atom is -0.326 e. The number of aryl methyl sites for hydroxylation is 1. The highest BCUT2D eigenvalue weighted by Gasteiger charge is 2.16. The second-order valence-electron chi connectivity index (χ2n) is 4.54. The van der Waals surface area contributed by atoms with Crippen LogP contribution in [0.5, 0.6) is 0 Å². The van der Waals surface area contributed by atoms with Gasteiger partial charge in [-0.1, -0.05) is 6.42 Å². The molecule has 0 fully saturated rings. The van der Waals surface area contributed by atoms with Gasteiger partial charge in [-0.05, 0) is 24.6 Å². The van der Waals surface area contributed by atoms with Gasteiger partial charge in [0.15, 0.2) is 10.3 Å². The summed E-state index contributed by atoms with van der Waals surface area (Å²) in [4.78, 5) is 8.57. The maximum Gasteiger partial charge on any atom is 0.199 e. The zero-order valence-electron chi connectivity index (χ0n) is 10.6. The normalized spacial score (nSPS) is 15.0. The summed E-state index contributed by atoms with van der Waals surface area (Å²) in [6.07, 6.45) is 8.18. The average Bonchev–Trinajstić information content (AvgIpc) is 2.68. The topological polar surface area (TPSA) is 82.5 Å². The van der Waals surface area contributed by atoms with Crippen molar-refractivity contribution in [1.82, 2.24) is 24.7 Å². The lowest BCUT2D eigenvalue weighted by atomic mass is 10.2. The smallest absolute Gasteiger partial charge is 0.199 e. The van der Waals surface area contributed by atoms with Crippen LogP contribution in [0.2, 0.25) is 0 Å². The molecule has 3 heterocycles. The minimum atomic E-state index is 0.464. The molecule has 0 atom stereocenters. The van der Waals surface area contributed by atoms with E-state index in [2.05, 4.69) is 24.7 Å². The molecule has 0 unspecified atom stereocenters. The summed E-state index contributed by atoms with van der Waals surface area (Å²) in [5.74, 6) is 1.08. The van der Waals surface area contributed by atoms with Crippen molar-refractivity contribution in [2.24, 2.45) is 5.73 Å². The number of fused-ring (bicyclic) bond motifs is 1. The van der Waals surface area contributed by atoms with Gasteiger partial charge < -0.3 is 10.3 Å². The highest BCUT2D eigenvalue weighted by Crippen LogP contribution is 2.25. The van der Waals surface area contributed by atoms with Gasteiger partial charge in [-0.2, -0.15) is 0 Å². The summed E-state index contributed by atoms with van der Waals surface area (Å²) in [6, 6.07) is 0. The number of nitrogens with two attached hydrogens (primary N) is 1. The van der Waals surface area contributed by atoms with Crippen molar-refractivity contribution >= 4 is 11.8 Å². The van der Waals surface area contributed by atoms with E-state index in [4.69, 9.17) is 5.73 Å². The maximum atomic E-state index is 5.53. The van der Waals surface area contributed by atoms with E-state index in [1.54, 1.807) is 12.4 Å². The van der Waals surface area contributed by atoms with E-state index in [1.165, 1.54) is 31.0 Å². The van der Waals surface area contributed by atoms with E-state index in [0.717, 1.165) is 29.5 Å². The fraction of sp³-hybridized carbons (Fsp3) is 0.500. The summed E-state index contributed by atoms with van der Waals surface area (Å²) < 4.78 is 2.19. The third-order valence-electron chi connectivity index (χ3n) is 3.18. The number of nitrogens with zero attached hydrogens (tertiary/aromatic N) is 5. The van der Waals surface area contributed by atoms with Gasteiger partial charge in [-0.15, -0.1) is 10.2 Å². The molecule has 1 aliphatic rings. The molecule has 2 N–H and O–H groups in total. The van der Waals surface area contributed by atoms with Crippen LogP contribution in [-0.2, 0) is 19.5 Å². The lowest BCUT2D eigenvalue weighted by Crippen LogP contribution is -2.03. The Hall–Kier alpha value is -1.47. The van der Waals surface area contributed by atoms with E-state index in [1.807, 2.05) is 0 Å². The van der Waals surface area contributed by atoms with Crippen molar-refractivity contribution in [2.45, 2.75) is 49.1 Å². The van der Waals surface area contributed by atoms with Gasteiger partial charge in [0.25, 0.3) is 0 Å². The number of rotatable bonds is 3. The Morgan fingerprint density at radius 2 is 2.00 bits per heavy atom. The molecule has 0 radical (unpaired) electrons. The van der Waals surface area contributed by atoms with Crippen LogP contribution in [0.1, 0.15) is 30.7 Å². The Morgan fingerprint density at radius 3 is 2.79 bits per heavy atom. The third kappa shape index (κ3) is 2.76. The lowest BCUT2D eigenvalue weighted by molar-refractivity contribution is 0.590. The summed E-state index contributed by atoms with van der Waals surface area (Å²) in [5, 5.41) is 10.1. The molecular weight excluding hydrogens is 260 g/mol. The predicted molar refractivity (Wildman–Crippen MR) is 71.6 cm³/mol. The quantitative estimate of drug-likeness (QED) is 0.853. The molecule has 100 valence electrons. The van der Waals surface area contributed by atoms with Crippen LogP contribution in [0, 0.1) is 0 Å². The van der Waals surface area contributed by atoms with Crippen LogP contribution in [-0.4, -0.2) is 24.7 Å². The van der Waals surface area contributed by atoms with E-state index in [0.29, 0.717) is 11.7 Å². The van der Waals surface area contributed by atoms with E-state index < -0.39 is 0 Å². The number of aromatic nitrogens is 5.